The number of halogens is 1. The van der Waals surface area contributed by atoms with Crippen LogP contribution in [-0.2, 0) is 9.59 Å². The molecule has 4 nitrogen and oxygen atoms in total. The number of hydrogen-bond donors (Lipinski definition) is 1. The van der Waals surface area contributed by atoms with E-state index in [0.29, 0.717) is 10.7 Å². The molecule has 2 aromatic carbocycles. The standard InChI is InChI=1S/C18H17ClN2O2/c1-11-5-3-8-15(12(11)2)20-16-10-17(22)21(18(16)23)14-7-4-6-13(19)9-14/h3-9,16,20H,10H2,1-2H3/t16-/m1/s1. The van der Waals surface area contributed by atoms with Gasteiger partial charge in [-0.05, 0) is 49.2 Å². The van der Waals surface area contributed by atoms with Crippen molar-refractivity contribution in [3.63, 3.8) is 0 Å². The zero-order valence-electron chi connectivity index (χ0n) is 13.0. The number of nitrogens with one attached hydrogen (secondary N) is 1. The summed E-state index contributed by atoms with van der Waals surface area (Å²) in [6.07, 6.45) is 0.138. The highest BCUT2D eigenvalue weighted by atomic mass is 35.5. The van der Waals surface area contributed by atoms with E-state index in [0.717, 1.165) is 16.8 Å². The molecule has 1 fully saturated rings. The highest BCUT2D eigenvalue weighted by Crippen LogP contribution is 2.28. The number of benzene rings is 2. The van der Waals surface area contributed by atoms with Crippen LogP contribution in [0, 0.1) is 13.8 Å². The van der Waals surface area contributed by atoms with Gasteiger partial charge in [0.05, 0.1) is 12.1 Å². The lowest BCUT2D eigenvalue weighted by Crippen LogP contribution is -2.34. The number of imide groups is 1. The molecule has 1 heterocycles. The maximum absolute atomic E-state index is 12.6. The molecule has 0 unspecified atom stereocenters. The van der Waals surface area contributed by atoms with Gasteiger partial charge in [-0.15, -0.1) is 0 Å². The monoisotopic (exact) mass is 328 g/mol. The van der Waals surface area contributed by atoms with Crippen molar-refractivity contribution in [2.45, 2.75) is 26.3 Å². The lowest BCUT2D eigenvalue weighted by atomic mass is 10.1. The van der Waals surface area contributed by atoms with Crippen LogP contribution in [0.15, 0.2) is 42.5 Å². The summed E-state index contributed by atoms with van der Waals surface area (Å²) in [6.45, 7) is 4.01. The molecular weight excluding hydrogens is 312 g/mol. The Kier molecular flexibility index (Phi) is 4.09. The van der Waals surface area contributed by atoms with E-state index in [1.54, 1.807) is 24.3 Å². The van der Waals surface area contributed by atoms with E-state index in [4.69, 9.17) is 11.6 Å². The normalized spacial score (nSPS) is 17.7. The molecule has 3 rings (SSSR count). The summed E-state index contributed by atoms with van der Waals surface area (Å²) in [6, 6.07) is 12.1. The van der Waals surface area contributed by atoms with Crippen molar-refractivity contribution in [3.05, 3.63) is 58.6 Å². The molecular formula is C18H17ClN2O2. The average molecular weight is 329 g/mol. The van der Waals surface area contributed by atoms with Gasteiger partial charge >= 0.3 is 0 Å². The Labute approximate surface area is 140 Å². The van der Waals surface area contributed by atoms with Crippen LogP contribution in [-0.4, -0.2) is 17.9 Å². The molecule has 1 aliphatic rings. The van der Waals surface area contributed by atoms with E-state index in [1.165, 1.54) is 4.90 Å². The van der Waals surface area contributed by atoms with Gasteiger partial charge in [0.15, 0.2) is 0 Å². The van der Waals surface area contributed by atoms with Crippen LogP contribution in [0.1, 0.15) is 17.5 Å². The molecule has 118 valence electrons. The third-order valence-corrected chi connectivity index (χ3v) is 4.38. The Hall–Kier alpha value is -2.33. The maximum atomic E-state index is 12.6. The highest BCUT2D eigenvalue weighted by Gasteiger charge is 2.39. The molecule has 0 spiro atoms. The summed E-state index contributed by atoms with van der Waals surface area (Å²) in [5, 5.41) is 3.69. The first kappa shape index (κ1) is 15.6. The number of aryl methyl sites for hydroxylation is 1. The first-order chi connectivity index (χ1) is 11.0. The molecule has 0 radical (unpaired) electrons. The summed E-state index contributed by atoms with van der Waals surface area (Å²) in [5.41, 5.74) is 3.61. The predicted molar refractivity (Wildman–Crippen MR) is 91.9 cm³/mol. The molecule has 0 saturated carbocycles. The second-order valence-electron chi connectivity index (χ2n) is 5.70. The maximum Gasteiger partial charge on any atom is 0.256 e. The topological polar surface area (TPSA) is 49.4 Å². The molecule has 1 saturated heterocycles. The molecule has 2 aromatic rings. The van der Waals surface area contributed by atoms with Gasteiger partial charge in [0.1, 0.15) is 6.04 Å². The first-order valence-electron chi connectivity index (χ1n) is 7.42. The van der Waals surface area contributed by atoms with Crippen molar-refractivity contribution >= 4 is 34.8 Å². The van der Waals surface area contributed by atoms with Crippen molar-refractivity contribution in [3.8, 4) is 0 Å². The second kappa shape index (κ2) is 6.05. The smallest absolute Gasteiger partial charge is 0.256 e. The Balaban J connectivity index is 1.85. The number of carbonyl (C=O) groups is 2. The van der Waals surface area contributed by atoms with E-state index in [9.17, 15) is 9.59 Å². The number of anilines is 2. The van der Waals surface area contributed by atoms with Gasteiger partial charge < -0.3 is 5.32 Å². The van der Waals surface area contributed by atoms with Crippen molar-refractivity contribution in [1.82, 2.24) is 0 Å². The van der Waals surface area contributed by atoms with Crippen LogP contribution in [0.5, 0.6) is 0 Å². The minimum atomic E-state index is -0.554. The Morgan fingerprint density at radius 2 is 1.87 bits per heavy atom. The van der Waals surface area contributed by atoms with Crippen molar-refractivity contribution in [2.75, 3.05) is 10.2 Å². The second-order valence-corrected chi connectivity index (χ2v) is 6.13. The summed E-state index contributed by atoms with van der Waals surface area (Å²) in [5.74, 6) is -0.474. The van der Waals surface area contributed by atoms with Gasteiger partial charge in [-0.1, -0.05) is 29.8 Å². The van der Waals surface area contributed by atoms with Crippen LogP contribution in [0.3, 0.4) is 0 Å². The Bertz CT molecular complexity index is 788. The van der Waals surface area contributed by atoms with Gasteiger partial charge in [-0.25, -0.2) is 4.90 Å². The SMILES string of the molecule is Cc1cccc(N[C@@H]2CC(=O)N(c3cccc(Cl)c3)C2=O)c1C. The average Bonchev–Trinajstić information content (AvgIpc) is 2.78. The zero-order chi connectivity index (χ0) is 16.6. The van der Waals surface area contributed by atoms with Gasteiger partial charge in [0.25, 0.3) is 5.91 Å². The number of rotatable bonds is 3. The van der Waals surface area contributed by atoms with Gasteiger partial charge in [0.2, 0.25) is 5.91 Å². The predicted octanol–water partition coefficient (Wildman–Crippen LogP) is 3.70. The van der Waals surface area contributed by atoms with Crippen LogP contribution in [0.4, 0.5) is 11.4 Å². The summed E-state index contributed by atoms with van der Waals surface area (Å²) >= 11 is 5.96. The van der Waals surface area contributed by atoms with Gasteiger partial charge in [-0.2, -0.15) is 0 Å². The Morgan fingerprint density at radius 3 is 2.61 bits per heavy atom. The summed E-state index contributed by atoms with van der Waals surface area (Å²) in [4.78, 5) is 26.1. The fourth-order valence-corrected chi connectivity index (χ4v) is 2.91. The van der Waals surface area contributed by atoms with Crippen LogP contribution in [0.2, 0.25) is 5.02 Å². The molecule has 1 N–H and O–H groups in total. The van der Waals surface area contributed by atoms with Crippen molar-refractivity contribution in [1.29, 1.82) is 0 Å². The summed E-state index contributed by atoms with van der Waals surface area (Å²) < 4.78 is 0. The van der Waals surface area contributed by atoms with Crippen LogP contribution < -0.4 is 10.2 Å². The third kappa shape index (κ3) is 2.94. The molecule has 0 aliphatic carbocycles. The number of carbonyl (C=O) groups excluding carboxylic acids is 2. The lowest BCUT2D eigenvalue weighted by molar-refractivity contribution is -0.121. The fraction of sp³-hybridized carbons (Fsp3) is 0.222. The van der Waals surface area contributed by atoms with E-state index in [1.807, 2.05) is 32.0 Å². The van der Waals surface area contributed by atoms with Gasteiger partial charge in [-0.3, -0.25) is 9.59 Å². The van der Waals surface area contributed by atoms with Crippen molar-refractivity contribution < 1.29 is 9.59 Å². The van der Waals surface area contributed by atoms with E-state index in [-0.39, 0.29) is 18.2 Å². The quantitative estimate of drug-likeness (QED) is 0.874. The molecule has 5 heteroatoms. The van der Waals surface area contributed by atoms with Crippen molar-refractivity contribution in [2.24, 2.45) is 0 Å². The molecule has 23 heavy (non-hydrogen) atoms. The lowest BCUT2D eigenvalue weighted by Gasteiger charge is -2.17. The van der Waals surface area contributed by atoms with Crippen LogP contribution in [0.25, 0.3) is 0 Å². The van der Waals surface area contributed by atoms with Crippen LogP contribution >= 0.6 is 11.6 Å². The third-order valence-electron chi connectivity index (χ3n) is 4.15. The minimum Gasteiger partial charge on any atom is -0.373 e. The van der Waals surface area contributed by atoms with E-state index in [2.05, 4.69) is 5.32 Å². The first-order valence-corrected chi connectivity index (χ1v) is 7.80. The fourth-order valence-electron chi connectivity index (χ4n) is 2.73. The molecule has 2 amide bonds. The molecule has 0 aromatic heterocycles. The van der Waals surface area contributed by atoms with E-state index >= 15 is 0 Å². The molecule has 0 bridgehead atoms. The largest absolute Gasteiger partial charge is 0.373 e. The highest BCUT2D eigenvalue weighted by molar-refractivity contribution is 6.31. The molecule has 1 atom stereocenters. The number of hydrogen-bond acceptors (Lipinski definition) is 3. The van der Waals surface area contributed by atoms with Gasteiger partial charge in [0, 0.05) is 10.7 Å². The zero-order valence-corrected chi connectivity index (χ0v) is 13.7. The number of nitrogens with zero attached hydrogens (tertiary/aromatic N) is 1. The minimum absolute atomic E-state index is 0.138. The number of amides is 2. The molecule has 1 aliphatic heterocycles. The Morgan fingerprint density at radius 1 is 1.13 bits per heavy atom. The van der Waals surface area contributed by atoms with E-state index < -0.39 is 6.04 Å². The summed E-state index contributed by atoms with van der Waals surface area (Å²) in [7, 11) is 0.